The van der Waals surface area contributed by atoms with Crippen LogP contribution in [0.4, 0.5) is 0 Å². The Labute approximate surface area is 127 Å². The third kappa shape index (κ3) is 3.28. The number of aliphatic hydroxyl groups is 1. The van der Waals surface area contributed by atoms with Crippen LogP contribution in [0.25, 0.3) is 10.6 Å². The number of likely N-dealkylation sites (tertiary alicyclic amines) is 1. The minimum absolute atomic E-state index is 0.309. The van der Waals surface area contributed by atoms with Gasteiger partial charge in [-0.2, -0.15) is 11.3 Å². The predicted molar refractivity (Wildman–Crippen MR) is 85.2 cm³/mol. The van der Waals surface area contributed by atoms with Crippen molar-refractivity contribution in [1.29, 1.82) is 0 Å². The Hall–Kier alpha value is -0.750. The van der Waals surface area contributed by atoms with Crippen LogP contribution < -0.4 is 0 Å². The maximum Gasteiger partial charge on any atom is 0.124 e. The average molecular weight is 308 g/mol. The fraction of sp³-hybridized carbons (Fsp3) is 0.533. The summed E-state index contributed by atoms with van der Waals surface area (Å²) in [6.45, 7) is 2.43. The zero-order valence-electron chi connectivity index (χ0n) is 11.5. The molecule has 1 N–H and O–H groups in total. The quantitative estimate of drug-likeness (QED) is 0.885. The topological polar surface area (TPSA) is 36.4 Å². The molecule has 1 aliphatic rings. The van der Waals surface area contributed by atoms with Gasteiger partial charge in [0.15, 0.2) is 0 Å². The SMILES string of the molecule is OCCCC1CCCN1Cc1csc(-c2ccsc2)n1. The first-order valence-corrected chi connectivity index (χ1v) is 9.01. The van der Waals surface area contributed by atoms with Crippen molar-refractivity contribution in [2.24, 2.45) is 0 Å². The number of nitrogens with zero attached hydrogens (tertiary/aromatic N) is 2. The Morgan fingerprint density at radius 2 is 2.35 bits per heavy atom. The van der Waals surface area contributed by atoms with Gasteiger partial charge in [0.25, 0.3) is 0 Å². The fourth-order valence-corrected chi connectivity index (χ4v) is 4.39. The Morgan fingerprint density at radius 3 is 3.15 bits per heavy atom. The van der Waals surface area contributed by atoms with Crippen molar-refractivity contribution in [1.82, 2.24) is 9.88 Å². The van der Waals surface area contributed by atoms with E-state index in [2.05, 4.69) is 27.1 Å². The maximum absolute atomic E-state index is 8.98. The van der Waals surface area contributed by atoms with E-state index in [1.54, 1.807) is 22.7 Å². The summed E-state index contributed by atoms with van der Waals surface area (Å²) >= 11 is 3.46. The molecular weight excluding hydrogens is 288 g/mol. The van der Waals surface area contributed by atoms with E-state index >= 15 is 0 Å². The molecule has 1 aliphatic heterocycles. The van der Waals surface area contributed by atoms with Gasteiger partial charge in [0.2, 0.25) is 0 Å². The summed E-state index contributed by atoms with van der Waals surface area (Å²) in [5.74, 6) is 0. The second-order valence-electron chi connectivity index (χ2n) is 5.29. The molecule has 0 spiro atoms. The molecule has 108 valence electrons. The van der Waals surface area contributed by atoms with Crippen LogP contribution in [-0.2, 0) is 6.54 Å². The normalized spacial score (nSPS) is 19.8. The standard InChI is InChI=1S/C15H20N2OS2/c18-7-2-4-14-3-1-6-17(14)9-13-11-20-15(16-13)12-5-8-19-10-12/h5,8,10-11,14,18H,1-4,6-7,9H2. The van der Waals surface area contributed by atoms with Crippen molar-refractivity contribution in [3.63, 3.8) is 0 Å². The zero-order valence-corrected chi connectivity index (χ0v) is 13.1. The van der Waals surface area contributed by atoms with Crippen molar-refractivity contribution in [3.8, 4) is 10.6 Å². The van der Waals surface area contributed by atoms with Gasteiger partial charge in [0.05, 0.1) is 5.69 Å². The van der Waals surface area contributed by atoms with Crippen molar-refractivity contribution in [3.05, 3.63) is 27.9 Å². The van der Waals surface area contributed by atoms with Gasteiger partial charge in [-0.05, 0) is 43.7 Å². The van der Waals surface area contributed by atoms with E-state index < -0.39 is 0 Å². The van der Waals surface area contributed by atoms with Gasteiger partial charge in [-0.3, -0.25) is 4.90 Å². The first-order chi connectivity index (χ1) is 9.86. The molecule has 1 atom stereocenters. The van der Waals surface area contributed by atoms with E-state index in [9.17, 15) is 0 Å². The number of aliphatic hydroxyl groups excluding tert-OH is 1. The summed E-state index contributed by atoms with van der Waals surface area (Å²) in [7, 11) is 0. The fourth-order valence-electron chi connectivity index (χ4n) is 2.86. The minimum atomic E-state index is 0.309. The molecule has 20 heavy (non-hydrogen) atoms. The van der Waals surface area contributed by atoms with E-state index in [1.165, 1.54) is 30.6 Å². The van der Waals surface area contributed by atoms with Gasteiger partial charge >= 0.3 is 0 Å². The predicted octanol–water partition coefficient (Wildman–Crippen LogP) is 3.61. The number of rotatable bonds is 6. The highest BCUT2D eigenvalue weighted by Gasteiger charge is 2.24. The highest BCUT2D eigenvalue weighted by Crippen LogP contribution is 2.28. The Balaban J connectivity index is 1.62. The van der Waals surface area contributed by atoms with E-state index in [0.29, 0.717) is 12.6 Å². The van der Waals surface area contributed by atoms with Crippen LogP contribution in [0.15, 0.2) is 22.2 Å². The molecule has 0 aliphatic carbocycles. The van der Waals surface area contributed by atoms with Crippen LogP contribution in [0.1, 0.15) is 31.4 Å². The Kier molecular flexibility index (Phi) is 4.83. The molecule has 1 fully saturated rings. The maximum atomic E-state index is 8.98. The molecule has 3 nitrogen and oxygen atoms in total. The van der Waals surface area contributed by atoms with Crippen molar-refractivity contribution in [2.45, 2.75) is 38.3 Å². The number of hydrogen-bond donors (Lipinski definition) is 1. The highest BCUT2D eigenvalue weighted by molar-refractivity contribution is 7.14. The summed E-state index contributed by atoms with van der Waals surface area (Å²) in [6.07, 6.45) is 4.57. The lowest BCUT2D eigenvalue weighted by molar-refractivity contribution is 0.209. The molecule has 2 aromatic heterocycles. The summed E-state index contributed by atoms with van der Waals surface area (Å²) in [5, 5.41) is 16.6. The minimum Gasteiger partial charge on any atom is -0.396 e. The molecule has 5 heteroatoms. The van der Waals surface area contributed by atoms with E-state index in [-0.39, 0.29) is 0 Å². The molecule has 3 rings (SSSR count). The van der Waals surface area contributed by atoms with Gasteiger partial charge in [-0.1, -0.05) is 0 Å². The summed E-state index contributed by atoms with van der Waals surface area (Å²) in [6, 6.07) is 2.76. The molecular formula is C15H20N2OS2. The van der Waals surface area contributed by atoms with E-state index in [0.717, 1.165) is 24.4 Å². The molecule has 0 bridgehead atoms. The molecule has 0 amide bonds. The van der Waals surface area contributed by atoms with Gasteiger partial charge < -0.3 is 5.11 Å². The van der Waals surface area contributed by atoms with Crippen molar-refractivity contribution >= 4 is 22.7 Å². The molecule has 1 saturated heterocycles. The first kappa shape index (κ1) is 14.2. The lowest BCUT2D eigenvalue weighted by Gasteiger charge is -2.23. The smallest absolute Gasteiger partial charge is 0.124 e. The van der Waals surface area contributed by atoms with Crippen LogP contribution in [0.3, 0.4) is 0 Å². The summed E-state index contributed by atoms with van der Waals surface area (Å²) < 4.78 is 0. The van der Waals surface area contributed by atoms with Crippen LogP contribution >= 0.6 is 22.7 Å². The van der Waals surface area contributed by atoms with Crippen LogP contribution in [-0.4, -0.2) is 34.2 Å². The number of hydrogen-bond acceptors (Lipinski definition) is 5. The molecule has 0 saturated carbocycles. The van der Waals surface area contributed by atoms with Crippen LogP contribution in [0.5, 0.6) is 0 Å². The second kappa shape index (κ2) is 6.80. The summed E-state index contributed by atoms with van der Waals surface area (Å²) in [5.41, 5.74) is 2.43. The summed E-state index contributed by atoms with van der Waals surface area (Å²) in [4.78, 5) is 7.29. The number of thiophene rings is 1. The second-order valence-corrected chi connectivity index (χ2v) is 6.93. The van der Waals surface area contributed by atoms with Crippen molar-refractivity contribution < 1.29 is 5.11 Å². The van der Waals surface area contributed by atoms with Crippen LogP contribution in [0.2, 0.25) is 0 Å². The molecule has 3 heterocycles. The Bertz CT molecular complexity index is 524. The molecule has 0 radical (unpaired) electrons. The molecule has 2 aromatic rings. The number of thiazole rings is 1. The third-order valence-corrected chi connectivity index (χ3v) is 5.50. The van der Waals surface area contributed by atoms with Gasteiger partial charge in [0.1, 0.15) is 5.01 Å². The van der Waals surface area contributed by atoms with Gasteiger partial charge in [-0.15, -0.1) is 11.3 Å². The van der Waals surface area contributed by atoms with Gasteiger partial charge in [-0.25, -0.2) is 4.98 Å². The van der Waals surface area contributed by atoms with E-state index in [4.69, 9.17) is 10.1 Å². The Morgan fingerprint density at radius 1 is 1.40 bits per heavy atom. The van der Waals surface area contributed by atoms with E-state index in [1.807, 2.05) is 0 Å². The van der Waals surface area contributed by atoms with Gasteiger partial charge in [0, 0.05) is 35.5 Å². The third-order valence-electron chi connectivity index (χ3n) is 3.88. The van der Waals surface area contributed by atoms with Crippen LogP contribution in [0, 0.1) is 0 Å². The lowest BCUT2D eigenvalue weighted by Crippen LogP contribution is -2.29. The largest absolute Gasteiger partial charge is 0.396 e. The highest BCUT2D eigenvalue weighted by atomic mass is 32.1. The average Bonchev–Trinajstić information content (AvgIpc) is 3.18. The monoisotopic (exact) mass is 308 g/mol. The molecule has 0 aromatic carbocycles. The zero-order chi connectivity index (χ0) is 13.8. The molecule has 1 unspecified atom stereocenters. The lowest BCUT2D eigenvalue weighted by atomic mass is 10.1. The first-order valence-electron chi connectivity index (χ1n) is 7.18. The van der Waals surface area contributed by atoms with Crippen molar-refractivity contribution in [2.75, 3.05) is 13.2 Å². The number of aromatic nitrogens is 1.